The highest BCUT2D eigenvalue weighted by Crippen LogP contribution is 2.05. The number of rotatable bonds is 2. The fourth-order valence-corrected chi connectivity index (χ4v) is 1.19. The zero-order valence-corrected chi connectivity index (χ0v) is 7.41. The molecule has 2 aromatic rings. The summed E-state index contributed by atoms with van der Waals surface area (Å²) in [6, 6.07) is 9.73. The van der Waals surface area contributed by atoms with E-state index >= 15 is 0 Å². The van der Waals surface area contributed by atoms with Gasteiger partial charge in [0, 0.05) is 11.8 Å². The number of benzene rings is 1. The second kappa shape index (κ2) is 3.74. The molecule has 1 heterocycles. The largest absolute Gasteiger partial charge is 0.411 e. The van der Waals surface area contributed by atoms with Crippen LogP contribution in [0.2, 0.25) is 0 Å². The van der Waals surface area contributed by atoms with Crippen molar-refractivity contribution in [2.75, 3.05) is 0 Å². The quantitative estimate of drug-likeness (QED) is 0.441. The molecule has 0 radical (unpaired) electrons. The maximum Gasteiger partial charge on any atom is 0.0765 e. The SMILES string of the molecule is O/N=C/c1cnn(-c2ccccc2)c1. The van der Waals surface area contributed by atoms with Crippen molar-refractivity contribution >= 4 is 6.21 Å². The molecule has 0 aliphatic heterocycles. The minimum Gasteiger partial charge on any atom is -0.411 e. The Morgan fingerprint density at radius 2 is 2.07 bits per heavy atom. The highest BCUT2D eigenvalue weighted by molar-refractivity contribution is 5.78. The third-order valence-electron chi connectivity index (χ3n) is 1.83. The first-order valence-corrected chi connectivity index (χ1v) is 4.17. The van der Waals surface area contributed by atoms with Crippen LogP contribution in [-0.2, 0) is 0 Å². The van der Waals surface area contributed by atoms with E-state index in [2.05, 4.69) is 10.3 Å². The molecule has 1 N–H and O–H groups in total. The lowest BCUT2D eigenvalue weighted by Gasteiger charge is -1.98. The number of oxime groups is 1. The molecule has 0 bridgehead atoms. The third-order valence-corrected chi connectivity index (χ3v) is 1.83. The molecule has 0 aliphatic rings. The number of aromatic nitrogens is 2. The van der Waals surface area contributed by atoms with Crippen molar-refractivity contribution in [3.05, 3.63) is 48.3 Å². The summed E-state index contributed by atoms with van der Waals surface area (Å²) in [5.74, 6) is 0. The van der Waals surface area contributed by atoms with Gasteiger partial charge in [-0.2, -0.15) is 5.10 Å². The Kier molecular flexibility index (Phi) is 2.27. The Morgan fingerprint density at radius 1 is 1.29 bits per heavy atom. The smallest absolute Gasteiger partial charge is 0.0765 e. The maximum atomic E-state index is 8.33. The Morgan fingerprint density at radius 3 is 2.79 bits per heavy atom. The van der Waals surface area contributed by atoms with Gasteiger partial charge in [0.2, 0.25) is 0 Å². The van der Waals surface area contributed by atoms with E-state index in [9.17, 15) is 0 Å². The van der Waals surface area contributed by atoms with Crippen LogP contribution >= 0.6 is 0 Å². The summed E-state index contributed by atoms with van der Waals surface area (Å²) >= 11 is 0. The fourth-order valence-electron chi connectivity index (χ4n) is 1.19. The average Bonchev–Trinajstić information content (AvgIpc) is 2.68. The van der Waals surface area contributed by atoms with Crippen molar-refractivity contribution in [2.24, 2.45) is 5.16 Å². The summed E-state index contributed by atoms with van der Waals surface area (Å²) in [5, 5.41) is 15.4. The molecule has 0 unspecified atom stereocenters. The van der Waals surface area contributed by atoms with Crippen LogP contribution in [0.15, 0.2) is 47.9 Å². The Hall–Kier alpha value is -2.10. The first-order valence-electron chi connectivity index (χ1n) is 4.17. The van der Waals surface area contributed by atoms with E-state index in [-0.39, 0.29) is 0 Å². The molecule has 0 saturated carbocycles. The van der Waals surface area contributed by atoms with Crippen molar-refractivity contribution in [3.8, 4) is 5.69 Å². The van der Waals surface area contributed by atoms with Crippen LogP contribution in [0.4, 0.5) is 0 Å². The summed E-state index contributed by atoms with van der Waals surface area (Å²) < 4.78 is 1.72. The van der Waals surface area contributed by atoms with Crippen molar-refractivity contribution in [1.82, 2.24) is 9.78 Å². The second-order valence-corrected chi connectivity index (χ2v) is 2.80. The molecule has 14 heavy (non-hydrogen) atoms. The van der Waals surface area contributed by atoms with Crippen molar-refractivity contribution in [1.29, 1.82) is 0 Å². The Bertz CT molecular complexity index is 434. The topological polar surface area (TPSA) is 50.4 Å². The van der Waals surface area contributed by atoms with Gasteiger partial charge in [-0.1, -0.05) is 23.4 Å². The number of nitrogens with zero attached hydrogens (tertiary/aromatic N) is 3. The highest BCUT2D eigenvalue weighted by atomic mass is 16.4. The number of hydrogen-bond acceptors (Lipinski definition) is 3. The van der Waals surface area contributed by atoms with Gasteiger partial charge in [-0.3, -0.25) is 0 Å². The molecule has 1 aromatic heterocycles. The molecule has 4 heteroatoms. The molecular weight excluding hydrogens is 178 g/mol. The van der Waals surface area contributed by atoms with Gasteiger partial charge in [-0.25, -0.2) is 4.68 Å². The molecule has 2 rings (SSSR count). The van der Waals surface area contributed by atoms with Crippen LogP contribution in [0.3, 0.4) is 0 Å². The summed E-state index contributed by atoms with van der Waals surface area (Å²) in [6.07, 6.45) is 4.76. The van der Waals surface area contributed by atoms with Gasteiger partial charge in [0.1, 0.15) is 0 Å². The molecule has 0 fully saturated rings. The molecule has 70 valence electrons. The normalized spacial score (nSPS) is 10.9. The lowest BCUT2D eigenvalue weighted by atomic mass is 10.3. The van der Waals surface area contributed by atoms with Gasteiger partial charge >= 0.3 is 0 Å². The summed E-state index contributed by atoms with van der Waals surface area (Å²) in [4.78, 5) is 0. The summed E-state index contributed by atoms with van der Waals surface area (Å²) in [7, 11) is 0. The predicted octanol–water partition coefficient (Wildman–Crippen LogP) is 1.68. The van der Waals surface area contributed by atoms with Crippen LogP contribution in [0.1, 0.15) is 5.56 Å². The van der Waals surface area contributed by atoms with Crippen LogP contribution in [0.5, 0.6) is 0 Å². The standard InChI is InChI=1S/C10H9N3O/c14-12-7-9-6-11-13(8-9)10-4-2-1-3-5-10/h1-8,14H/b12-7+. The number of hydrogen-bond donors (Lipinski definition) is 1. The molecule has 0 spiro atoms. The van der Waals surface area contributed by atoms with E-state index in [0.717, 1.165) is 11.3 Å². The molecular formula is C10H9N3O. The van der Waals surface area contributed by atoms with Crippen molar-refractivity contribution < 1.29 is 5.21 Å². The van der Waals surface area contributed by atoms with Crippen LogP contribution in [-0.4, -0.2) is 21.2 Å². The van der Waals surface area contributed by atoms with Crippen LogP contribution < -0.4 is 0 Å². The van der Waals surface area contributed by atoms with E-state index in [4.69, 9.17) is 5.21 Å². The van der Waals surface area contributed by atoms with Crippen molar-refractivity contribution in [3.63, 3.8) is 0 Å². The van der Waals surface area contributed by atoms with Gasteiger partial charge in [0.05, 0.1) is 18.1 Å². The Labute approximate surface area is 81.1 Å². The second-order valence-electron chi connectivity index (χ2n) is 2.80. The van der Waals surface area contributed by atoms with Gasteiger partial charge in [0.15, 0.2) is 0 Å². The van der Waals surface area contributed by atoms with Gasteiger partial charge in [-0.15, -0.1) is 0 Å². The van der Waals surface area contributed by atoms with Gasteiger partial charge in [0.25, 0.3) is 0 Å². The Balaban J connectivity index is 2.34. The third kappa shape index (κ3) is 1.64. The van der Waals surface area contributed by atoms with Crippen molar-refractivity contribution in [2.45, 2.75) is 0 Å². The van der Waals surface area contributed by atoms with E-state index < -0.39 is 0 Å². The summed E-state index contributed by atoms with van der Waals surface area (Å²) in [5.41, 5.74) is 1.74. The monoisotopic (exact) mass is 187 g/mol. The van der Waals surface area contributed by atoms with E-state index in [1.165, 1.54) is 6.21 Å². The van der Waals surface area contributed by atoms with Crippen LogP contribution in [0.25, 0.3) is 5.69 Å². The highest BCUT2D eigenvalue weighted by Gasteiger charge is 1.97. The van der Waals surface area contributed by atoms with Gasteiger partial charge < -0.3 is 5.21 Å². The number of para-hydroxylation sites is 1. The van der Waals surface area contributed by atoms with E-state index in [0.29, 0.717) is 0 Å². The molecule has 0 saturated heterocycles. The lowest BCUT2D eigenvalue weighted by molar-refractivity contribution is 0.322. The minimum absolute atomic E-state index is 0.761. The zero-order valence-electron chi connectivity index (χ0n) is 7.41. The molecule has 0 atom stereocenters. The van der Waals surface area contributed by atoms with Crippen LogP contribution in [0, 0.1) is 0 Å². The maximum absolute atomic E-state index is 8.33. The predicted molar refractivity (Wildman–Crippen MR) is 52.9 cm³/mol. The first kappa shape index (κ1) is 8.50. The fraction of sp³-hybridized carbons (Fsp3) is 0. The molecule has 1 aromatic carbocycles. The molecule has 0 amide bonds. The first-order chi connectivity index (χ1) is 6.90. The minimum atomic E-state index is 0.761. The average molecular weight is 187 g/mol. The summed E-state index contributed by atoms with van der Waals surface area (Å²) in [6.45, 7) is 0. The van der Waals surface area contributed by atoms with E-state index in [1.54, 1.807) is 17.1 Å². The van der Waals surface area contributed by atoms with E-state index in [1.807, 2.05) is 30.3 Å². The lowest BCUT2D eigenvalue weighted by Crippen LogP contribution is -1.92. The molecule has 4 nitrogen and oxygen atoms in total. The zero-order chi connectivity index (χ0) is 9.80. The molecule has 0 aliphatic carbocycles. The van der Waals surface area contributed by atoms with Gasteiger partial charge in [-0.05, 0) is 12.1 Å².